The fourth-order valence-electron chi connectivity index (χ4n) is 1.90. The minimum atomic E-state index is 0.999. The van der Waals surface area contributed by atoms with Crippen molar-refractivity contribution in [2.75, 3.05) is 19.0 Å². The second-order valence-electron chi connectivity index (χ2n) is 4.49. The molecule has 0 atom stereocenters. The molecule has 1 N–H and O–H groups in total. The molecule has 0 bridgehead atoms. The molecule has 3 aromatic rings. The fraction of sp³-hybridized carbons (Fsp3) is 0.231. The number of nitrogens with zero attached hydrogens (tertiary/aromatic N) is 3. The highest BCUT2D eigenvalue weighted by atomic mass is 32.1. The van der Waals surface area contributed by atoms with Crippen LogP contribution < -0.4 is 4.90 Å². The Morgan fingerprint density at radius 1 is 1.28 bits per heavy atom. The molecule has 18 heavy (non-hydrogen) atoms. The SMILES string of the molecule is Cc1[nH]nc2ccc(-c3csc(N(C)C)n3)cc12. The zero-order valence-electron chi connectivity index (χ0n) is 10.6. The summed E-state index contributed by atoms with van der Waals surface area (Å²) in [4.78, 5) is 6.64. The van der Waals surface area contributed by atoms with Crippen molar-refractivity contribution >= 4 is 27.4 Å². The highest BCUT2D eigenvalue weighted by Crippen LogP contribution is 2.28. The first-order chi connectivity index (χ1) is 8.65. The molecule has 3 rings (SSSR count). The molecule has 0 spiro atoms. The lowest BCUT2D eigenvalue weighted by atomic mass is 10.1. The largest absolute Gasteiger partial charge is 0.354 e. The summed E-state index contributed by atoms with van der Waals surface area (Å²) in [5, 5.41) is 11.5. The second-order valence-corrected chi connectivity index (χ2v) is 5.33. The van der Waals surface area contributed by atoms with E-state index in [1.165, 1.54) is 0 Å². The van der Waals surface area contributed by atoms with E-state index in [1.54, 1.807) is 11.3 Å². The average molecular weight is 258 g/mol. The zero-order valence-corrected chi connectivity index (χ0v) is 11.4. The van der Waals surface area contributed by atoms with Crippen LogP contribution >= 0.6 is 11.3 Å². The number of aromatic nitrogens is 3. The summed E-state index contributed by atoms with van der Waals surface area (Å²) in [6.07, 6.45) is 0. The van der Waals surface area contributed by atoms with E-state index in [1.807, 2.05) is 32.0 Å². The summed E-state index contributed by atoms with van der Waals surface area (Å²) < 4.78 is 0. The summed E-state index contributed by atoms with van der Waals surface area (Å²) in [6.45, 7) is 2.03. The van der Waals surface area contributed by atoms with Crippen LogP contribution in [-0.4, -0.2) is 29.3 Å². The second kappa shape index (κ2) is 4.10. The summed E-state index contributed by atoms with van der Waals surface area (Å²) >= 11 is 1.66. The number of hydrogen-bond acceptors (Lipinski definition) is 4. The molecule has 0 aliphatic carbocycles. The molecule has 1 aromatic carbocycles. The Bertz CT molecular complexity index is 696. The Kier molecular flexibility index (Phi) is 2.56. The van der Waals surface area contributed by atoms with Gasteiger partial charge in [0.05, 0.1) is 11.2 Å². The average Bonchev–Trinajstić information content (AvgIpc) is 2.96. The molecular formula is C13H14N4S. The fourth-order valence-corrected chi connectivity index (χ4v) is 2.67. The summed E-state index contributed by atoms with van der Waals surface area (Å²) in [5.41, 5.74) is 4.25. The molecule has 0 aliphatic heterocycles. The predicted molar refractivity (Wildman–Crippen MR) is 76.3 cm³/mol. The number of aryl methyl sites for hydroxylation is 1. The molecule has 0 saturated carbocycles. The van der Waals surface area contributed by atoms with Crippen molar-refractivity contribution in [3.8, 4) is 11.3 Å². The Morgan fingerprint density at radius 3 is 2.83 bits per heavy atom. The number of fused-ring (bicyclic) bond motifs is 1. The van der Waals surface area contributed by atoms with E-state index in [2.05, 4.69) is 32.7 Å². The van der Waals surface area contributed by atoms with Gasteiger partial charge in [-0.15, -0.1) is 11.3 Å². The van der Waals surface area contributed by atoms with Gasteiger partial charge < -0.3 is 4.90 Å². The third kappa shape index (κ3) is 1.76. The number of thiazole rings is 1. The van der Waals surface area contributed by atoms with E-state index in [-0.39, 0.29) is 0 Å². The smallest absolute Gasteiger partial charge is 0.185 e. The number of hydrogen-bond donors (Lipinski definition) is 1. The maximum atomic E-state index is 4.61. The van der Waals surface area contributed by atoms with Gasteiger partial charge in [0.25, 0.3) is 0 Å². The molecule has 92 valence electrons. The zero-order chi connectivity index (χ0) is 12.7. The van der Waals surface area contributed by atoms with Gasteiger partial charge >= 0.3 is 0 Å². The van der Waals surface area contributed by atoms with Crippen LogP contribution in [0, 0.1) is 6.92 Å². The molecule has 2 heterocycles. The van der Waals surface area contributed by atoms with Crippen LogP contribution in [0.1, 0.15) is 5.69 Å². The highest BCUT2D eigenvalue weighted by Gasteiger charge is 2.08. The van der Waals surface area contributed by atoms with Crippen LogP contribution in [0.25, 0.3) is 22.2 Å². The Labute approximate surface area is 109 Å². The van der Waals surface area contributed by atoms with Crippen molar-refractivity contribution in [3.05, 3.63) is 29.3 Å². The van der Waals surface area contributed by atoms with Gasteiger partial charge in [0, 0.05) is 36.1 Å². The lowest BCUT2D eigenvalue weighted by Crippen LogP contribution is -2.07. The first-order valence-corrected chi connectivity index (χ1v) is 6.61. The van der Waals surface area contributed by atoms with Gasteiger partial charge in [-0.25, -0.2) is 4.98 Å². The number of rotatable bonds is 2. The molecule has 0 radical (unpaired) electrons. The molecule has 0 saturated heterocycles. The number of benzene rings is 1. The van der Waals surface area contributed by atoms with E-state index in [0.717, 1.165) is 33.0 Å². The van der Waals surface area contributed by atoms with Crippen LogP contribution in [-0.2, 0) is 0 Å². The van der Waals surface area contributed by atoms with Gasteiger partial charge in [-0.1, -0.05) is 6.07 Å². The van der Waals surface area contributed by atoms with Crippen LogP contribution in [0.5, 0.6) is 0 Å². The number of aromatic amines is 1. The van der Waals surface area contributed by atoms with Gasteiger partial charge in [-0.2, -0.15) is 5.10 Å². The topological polar surface area (TPSA) is 44.8 Å². The molecule has 5 heteroatoms. The summed E-state index contributed by atoms with van der Waals surface area (Å²) in [5.74, 6) is 0. The van der Waals surface area contributed by atoms with Crippen molar-refractivity contribution in [2.45, 2.75) is 6.92 Å². The Hall–Kier alpha value is -1.88. The van der Waals surface area contributed by atoms with E-state index < -0.39 is 0 Å². The van der Waals surface area contributed by atoms with Crippen LogP contribution in [0.15, 0.2) is 23.6 Å². The van der Waals surface area contributed by atoms with Crippen molar-refractivity contribution in [1.82, 2.24) is 15.2 Å². The number of anilines is 1. The monoisotopic (exact) mass is 258 g/mol. The standard InChI is InChI=1S/C13H14N4S/c1-8-10-6-9(4-5-11(10)16-15-8)12-7-18-13(14-12)17(2)3/h4-7H,1-3H3,(H,15,16). The normalized spacial score (nSPS) is 11.1. The van der Waals surface area contributed by atoms with Crippen molar-refractivity contribution in [1.29, 1.82) is 0 Å². The lowest BCUT2D eigenvalue weighted by molar-refractivity contribution is 1.07. The first kappa shape index (κ1) is 11.2. The van der Waals surface area contributed by atoms with E-state index in [0.29, 0.717) is 0 Å². The van der Waals surface area contributed by atoms with Gasteiger partial charge in [0.15, 0.2) is 5.13 Å². The first-order valence-electron chi connectivity index (χ1n) is 5.73. The minimum absolute atomic E-state index is 0.999. The van der Waals surface area contributed by atoms with Gasteiger partial charge in [0.2, 0.25) is 0 Å². The lowest BCUT2D eigenvalue weighted by Gasteiger charge is -2.05. The maximum absolute atomic E-state index is 4.61. The molecule has 2 aromatic heterocycles. The number of H-pyrrole nitrogens is 1. The third-order valence-electron chi connectivity index (χ3n) is 2.92. The van der Waals surface area contributed by atoms with Gasteiger partial charge in [0.1, 0.15) is 0 Å². The Morgan fingerprint density at radius 2 is 2.11 bits per heavy atom. The summed E-state index contributed by atoms with van der Waals surface area (Å²) in [7, 11) is 4.01. The minimum Gasteiger partial charge on any atom is -0.354 e. The highest BCUT2D eigenvalue weighted by molar-refractivity contribution is 7.14. The molecular weight excluding hydrogens is 244 g/mol. The molecule has 0 unspecified atom stereocenters. The molecule has 0 amide bonds. The maximum Gasteiger partial charge on any atom is 0.185 e. The molecule has 0 fully saturated rings. The van der Waals surface area contributed by atoms with Gasteiger partial charge in [-0.3, -0.25) is 5.10 Å². The van der Waals surface area contributed by atoms with Crippen LogP contribution in [0.4, 0.5) is 5.13 Å². The van der Waals surface area contributed by atoms with E-state index >= 15 is 0 Å². The Balaban J connectivity index is 2.09. The van der Waals surface area contributed by atoms with E-state index in [4.69, 9.17) is 0 Å². The van der Waals surface area contributed by atoms with Crippen molar-refractivity contribution in [3.63, 3.8) is 0 Å². The summed E-state index contributed by atoms with van der Waals surface area (Å²) in [6, 6.07) is 6.24. The van der Waals surface area contributed by atoms with Crippen LogP contribution in [0.3, 0.4) is 0 Å². The number of nitrogens with one attached hydrogen (secondary N) is 1. The molecule has 0 aliphatic rings. The van der Waals surface area contributed by atoms with Crippen LogP contribution in [0.2, 0.25) is 0 Å². The third-order valence-corrected chi connectivity index (χ3v) is 3.92. The molecule has 4 nitrogen and oxygen atoms in total. The van der Waals surface area contributed by atoms with Crippen molar-refractivity contribution in [2.24, 2.45) is 0 Å². The quantitative estimate of drug-likeness (QED) is 0.768. The predicted octanol–water partition coefficient (Wildman–Crippen LogP) is 3.06. The van der Waals surface area contributed by atoms with E-state index in [9.17, 15) is 0 Å². The van der Waals surface area contributed by atoms with Crippen molar-refractivity contribution < 1.29 is 0 Å². The van der Waals surface area contributed by atoms with Gasteiger partial charge in [-0.05, 0) is 19.1 Å².